The van der Waals surface area contributed by atoms with Gasteiger partial charge in [0.25, 0.3) is 0 Å². The van der Waals surface area contributed by atoms with Crippen LogP contribution in [0.2, 0.25) is 0 Å². The Balaban J connectivity index is 4.18. The molecule has 0 spiro atoms. The molecule has 0 fully saturated rings. The first kappa shape index (κ1) is 12.4. The minimum Gasteiger partial charge on any atom is -0.368 e. The second-order valence-corrected chi connectivity index (χ2v) is 3.83. The first-order chi connectivity index (χ1) is 5.97. The smallest absolute Gasteiger partial charge is 0.237 e. The zero-order valence-electron chi connectivity index (χ0n) is 7.92. The molecule has 0 unspecified atom stereocenters. The lowest BCUT2D eigenvalue weighted by Gasteiger charge is -2.22. The van der Waals surface area contributed by atoms with Gasteiger partial charge in [0.2, 0.25) is 11.8 Å². The summed E-state index contributed by atoms with van der Waals surface area (Å²) in [6, 6.07) is 0. The lowest BCUT2D eigenvalue weighted by atomic mass is 10.2. The van der Waals surface area contributed by atoms with E-state index in [9.17, 15) is 9.59 Å². The topological polar surface area (TPSA) is 63.4 Å². The highest BCUT2D eigenvalue weighted by Crippen LogP contribution is 2.00. The molecule has 0 bridgehead atoms. The minimum atomic E-state index is -0.477. The molecular formula is C8H15BrN2O2. The van der Waals surface area contributed by atoms with Crippen LogP contribution in [0.15, 0.2) is 0 Å². The van der Waals surface area contributed by atoms with Gasteiger partial charge in [0, 0.05) is 6.54 Å². The molecule has 13 heavy (non-hydrogen) atoms. The molecule has 0 saturated carbocycles. The number of hydrogen-bond donors (Lipinski definition) is 1. The predicted octanol–water partition coefficient (Wildman–Crippen LogP) is 0.351. The van der Waals surface area contributed by atoms with E-state index in [0.29, 0.717) is 12.5 Å². The summed E-state index contributed by atoms with van der Waals surface area (Å²) in [6.45, 7) is 4.53. The monoisotopic (exact) mass is 250 g/mol. The molecule has 0 rings (SSSR count). The first-order valence-electron chi connectivity index (χ1n) is 4.09. The maximum atomic E-state index is 11.3. The molecule has 0 heterocycles. The third-order valence-corrected chi connectivity index (χ3v) is 1.88. The van der Waals surface area contributed by atoms with E-state index in [0.717, 1.165) is 0 Å². The van der Waals surface area contributed by atoms with Gasteiger partial charge in [0.15, 0.2) is 0 Å². The lowest BCUT2D eigenvalue weighted by Crippen LogP contribution is -2.41. The largest absolute Gasteiger partial charge is 0.368 e. The van der Waals surface area contributed by atoms with Crippen LogP contribution in [0.25, 0.3) is 0 Å². The van der Waals surface area contributed by atoms with Crippen LogP contribution < -0.4 is 5.73 Å². The van der Waals surface area contributed by atoms with Crippen molar-refractivity contribution in [3.8, 4) is 0 Å². The van der Waals surface area contributed by atoms with Crippen LogP contribution in [-0.2, 0) is 9.59 Å². The van der Waals surface area contributed by atoms with Gasteiger partial charge in [-0.25, -0.2) is 0 Å². The lowest BCUT2D eigenvalue weighted by molar-refractivity contribution is -0.133. The number of nitrogens with zero attached hydrogens (tertiary/aromatic N) is 1. The Hall–Kier alpha value is -0.580. The van der Waals surface area contributed by atoms with Crippen LogP contribution >= 0.6 is 15.9 Å². The zero-order chi connectivity index (χ0) is 10.4. The Bertz CT molecular complexity index is 195. The SMILES string of the molecule is CC(C)CN(CC(N)=O)C(=O)CBr. The Morgan fingerprint density at radius 1 is 1.46 bits per heavy atom. The number of rotatable bonds is 5. The average Bonchev–Trinajstić information content (AvgIpc) is 2.00. The summed E-state index contributed by atoms with van der Waals surface area (Å²) in [5, 5.41) is 0.229. The van der Waals surface area contributed by atoms with Crippen LogP contribution in [0.4, 0.5) is 0 Å². The van der Waals surface area contributed by atoms with E-state index >= 15 is 0 Å². The second-order valence-electron chi connectivity index (χ2n) is 3.27. The number of carbonyl (C=O) groups excluding carboxylic acids is 2. The van der Waals surface area contributed by atoms with Gasteiger partial charge in [-0.3, -0.25) is 9.59 Å². The van der Waals surface area contributed by atoms with Crippen molar-refractivity contribution in [2.45, 2.75) is 13.8 Å². The fourth-order valence-electron chi connectivity index (χ4n) is 0.968. The third kappa shape index (κ3) is 5.63. The number of amides is 2. The number of hydrogen-bond acceptors (Lipinski definition) is 2. The van der Waals surface area contributed by atoms with E-state index in [1.54, 1.807) is 0 Å². The predicted molar refractivity (Wildman–Crippen MR) is 54.4 cm³/mol. The van der Waals surface area contributed by atoms with Crippen LogP contribution in [0.5, 0.6) is 0 Å². The van der Waals surface area contributed by atoms with Crippen molar-refractivity contribution in [2.75, 3.05) is 18.4 Å². The normalized spacial score (nSPS) is 10.2. The Morgan fingerprint density at radius 3 is 2.31 bits per heavy atom. The van der Waals surface area contributed by atoms with Crippen LogP contribution in [0.3, 0.4) is 0 Å². The Labute approximate surface area is 86.6 Å². The van der Waals surface area contributed by atoms with Gasteiger partial charge in [0.1, 0.15) is 0 Å². The van der Waals surface area contributed by atoms with E-state index < -0.39 is 5.91 Å². The number of nitrogens with two attached hydrogens (primary N) is 1. The number of primary amides is 1. The van der Waals surface area contributed by atoms with Crippen molar-refractivity contribution in [2.24, 2.45) is 11.7 Å². The summed E-state index contributed by atoms with van der Waals surface area (Å²) in [7, 11) is 0. The number of carbonyl (C=O) groups is 2. The van der Waals surface area contributed by atoms with Gasteiger partial charge in [0.05, 0.1) is 11.9 Å². The molecule has 0 aliphatic heterocycles. The van der Waals surface area contributed by atoms with E-state index in [2.05, 4.69) is 15.9 Å². The molecule has 0 aromatic carbocycles. The molecule has 4 nitrogen and oxygen atoms in total. The first-order valence-corrected chi connectivity index (χ1v) is 5.21. The van der Waals surface area contributed by atoms with Gasteiger partial charge >= 0.3 is 0 Å². The van der Waals surface area contributed by atoms with E-state index in [4.69, 9.17) is 5.73 Å². The summed E-state index contributed by atoms with van der Waals surface area (Å²) >= 11 is 3.05. The molecule has 0 aliphatic rings. The summed E-state index contributed by atoms with van der Waals surface area (Å²) in [5.74, 6) is -0.246. The molecule has 0 aromatic rings. The average molecular weight is 251 g/mol. The van der Waals surface area contributed by atoms with Crippen molar-refractivity contribution in [3.63, 3.8) is 0 Å². The van der Waals surface area contributed by atoms with E-state index in [1.165, 1.54) is 4.90 Å². The molecule has 0 aliphatic carbocycles. The van der Waals surface area contributed by atoms with Crippen molar-refractivity contribution in [3.05, 3.63) is 0 Å². The fourth-order valence-corrected chi connectivity index (χ4v) is 1.32. The van der Waals surface area contributed by atoms with Crippen molar-refractivity contribution >= 4 is 27.7 Å². The van der Waals surface area contributed by atoms with Crippen LogP contribution in [0, 0.1) is 5.92 Å². The third-order valence-electron chi connectivity index (χ3n) is 1.40. The van der Waals surface area contributed by atoms with Crippen LogP contribution in [0.1, 0.15) is 13.8 Å². The molecule has 0 aromatic heterocycles. The van der Waals surface area contributed by atoms with Crippen LogP contribution in [-0.4, -0.2) is 35.1 Å². The Morgan fingerprint density at radius 2 is 2.00 bits per heavy atom. The standard InChI is InChI=1S/C8H15BrN2O2/c1-6(2)4-11(5-7(10)12)8(13)3-9/h6H,3-5H2,1-2H3,(H2,10,12). The molecule has 2 N–H and O–H groups in total. The van der Waals surface area contributed by atoms with Gasteiger partial charge in [-0.05, 0) is 5.92 Å². The molecule has 76 valence electrons. The summed E-state index contributed by atoms with van der Waals surface area (Å²) in [4.78, 5) is 23.3. The van der Waals surface area contributed by atoms with E-state index in [1.807, 2.05) is 13.8 Å². The van der Waals surface area contributed by atoms with Crippen molar-refractivity contribution < 1.29 is 9.59 Å². The highest BCUT2D eigenvalue weighted by Gasteiger charge is 2.15. The number of halogens is 1. The molecule has 0 atom stereocenters. The number of alkyl halides is 1. The van der Waals surface area contributed by atoms with Crippen molar-refractivity contribution in [1.29, 1.82) is 0 Å². The van der Waals surface area contributed by atoms with E-state index in [-0.39, 0.29) is 17.8 Å². The molecule has 0 saturated heterocycles. The van der Waals surface area contributed by atoms with Crippen molar-refractivity contribution in [1.82, 2.24) is 4.90 Å². The van der Waals surface area contributed by atoms with Gasteiger partial charge in [-0.1, -0.05) is 29.8 Å². The molecule has 2 amide bonds. The van der Waals surface area contributed by atoms with Gasteiger partial charge in [-0.15, -0.1) is 0 Å². The zero-order valence-corrected chi connectivity index (χ0v) is 9.50. The Kier molecular flexibility index (Phi) is 5.70. The summed E-state index contributed by atoms with van der Waals surface area (Å²) < 4.78 is 0. The second kappa shape index (κ2) is 5.96. The molecule has 5 heteroatoms. The maximum Gasteiger partial charge on any atom is 0.237 e. The molecule has 0 radical (unpaired) electrons. The minimum absolute atomic E-state index is 0.00259. The summed E-state index contributed by atoms with van der Waals surface area (Å²) in [6.07, 6.45) is 0. The van der Waals surface area contributed by atoms with Gasteiger partial charge in [-0.2, -0.15) is 0 Å². The highest BCUT2D eigenvalue weighted by atomic mass is 79.9. The maximum absolute atomic E-state index is 11.3. The quantitative estimate of drug-likeness (QED) is 0.716. The summed E-state index contributed by atoms with van der Waals surface area (Å²) in [5.41, 5.74) is 5.01. The molecular weight excluding hydrogens is 236 g/mol. The fraction of sp³-hybridized carbons (Fsp3) is 0.750. The highest BCUT2D eigenvalue weighted by molar-refractivity contribution is 9.09. The van der Waals surface area contributed by atoms with Gasteiger partial charge < -0.3 is 10.6 Å².